The third kappa shape index (κ3) is 2.91. The van der Waals surface area contributed by atoms with E-state index < -0.39 is 0 Å². The lowest BCUT2D eigenvalue weighted by Crippen LogP contribution is -2.49. The van der Waals surface area contributed by atoms with Gasteiger partial charge in [-0.2, -0.15) is 0 Å². The van der Waals surface area contributed by atoms with Crippen molar-refractivity contribution in [1.29, 1.82) is 0 Å². The van der Waals surface area contributed by atoms with Crippen LogP contribution in [0.15, 0.2) is 36.8 Å². The predicted molar refractivity (Wildman–Crippen MR) is 78.8 cm³/mol. The number of piperazine rings is 1. The van der Waals surface area contributed by atoms with Crippen molar-refractivity contribution in [3.05, 3.63) is 42.5 Å². The highest BCUT2D eigenvalue weighted by atomic mass is 16.2. The first-order valence-corrected chi connectivity index (χ1v) is 6.77. The Morgan fingerprint density at radius 3 is 2.62 bits per heavy atom. The van der Waals surface area contributed by atoms with Gasteiger partial charge in [0.2, 0.25) is 0 Å². The van der Waals surface area contributed by atoms with Crippen LogP contribution in [0.4, 0.5) is 11.6 Å². The van der Waals surface area contributed by atoms with E-state index in [0.29, 0.717) is 18.8 Å². The van der Waals surface area contributed by atoms with Crippen LogP contribution >= 0.6 is 0 Å². The Balaban J connectivity index is 1.64. The molecule has 7 heteroatoms. The van der Waals surface area contributed by atoms with Crippen LogP contribution in [0.5, 0.6) is 0 Å². The molecule has 21 heavy (non-hydrogen) atoms. The summed E-state index contributed by atoms with van der Waals surface area (Å²) in [7, 11) is 0. The Labute approximate surface area is 122 Å². The Morgan fingerprint density at radius 2 is 1.95 bits per heavy atom. The second-order valence-electron chi connectivity index (χ2n) is 4.80. The van der Waals surface area contributed by atoms with Crippen molar-refractivity contribution >= 4 is 17.5 Å². The van der Waals surface area contributed by atoms with Gasteiger partial charge < -0.3 is 15.5 Å². The summed E-state index contributed by atoms with van der Waals surface area (Å²) in [6, 6.07) is 5.82. The van der Waals surface area contributed by atoms with E-state index in [9.17, 15) is 4.79 Å². The fraction of sp³-hybridized carbons (Fsp3) is 0.286. The van der Waals surface area contributed by atoms with Gasteiger partial charge in [-0.15, -0.1) is 0 Å². The molecule has 1 fully saturated rings. The van der Waals surface area contributed by atoms with Crippen molar-refractivity contribution in [2.24, 2.45) is 0 Å². The number of carbonyl (C=O) groups is 1. The summed E-state index contributed by atoms with van der Waals surface area (Å²) >= 11 is 0. The van der Waals surface area contributed by atoms with Gasteiger partial charge in [0, 0.05) is 32.4 Å². The van der Waals surface area contributed by atoms with E-state index in [1.165, 1.54) is 12.4 Å². The highest BCUT2D eigenvalue weighted by Gasteiger charge is 2.23. The molecule has 0 unspecified atom stereocenters. The number of aromatic nitrogens is 3. The highest BCUT2D eigenvalue weighted by molar-refractivity contribution is 5.92. The third-order valence-electron chi connectivity index (χ3n) is 3.41. The molecule has 1 aliphatic rings. The van der Waals surface area contributed by atoms with Gasteiger partial charge >= 0.3 is 0 Å². The number of rotatable bonds is 2. The van der Waals surface area contributed by atoms with Gasteiger partial charge in [0.25, 0.3) is 5.91 Å². The van der Waals surface area contributed by atoms with E-state index in [2.05, 4.69) is 19.9 Å². The van der Waals surface area contributed by atoms with Crippen LogP contribution in [0.1, 0.15) is 10.5 Å². The average Bonchev–Trinajstić information content (AvgIpc) is 2.55. The Morgan fingerprint density at radius 1 is 1.14 bits per heavy atom. The van der Waals surface area contributed by atoms with Crippen LogP contribution in [0.2, 0.25) is 0 Å². The molecule has 2 N–H and O–H groups in total. The van der Waals surface area contributed by atoms with Crippen LogP contribution in [-0.4, -0.2) is 51.9 Å². The number of hydrogen-bond donors (Lipinski definition) is 1. The largest absolute Gasteiger partial charge is 0.382 e. The van der Waals surface area contributed by atoms with Gasteiger partial charge in [-0.1, -0.05) is 6.07 Å². The Kier molecular flexibility index (Phi) is 3.63. The zero-order valence-electron chi connectivity index (χ0n) is 11.5. The minimum atomic E-state index is -0.129. The number of anilines is 2. The fourth-order valence-electron chi connectivity index (χ4n) is 2.33. The summed E-state index contributed by atoms with van der Waals surface area (Å²) in [5.74, 6) is 1.07. The summed E-state index contributed by atoms with van der Waals surface area (Å²) in [4.78, 5) is 28.5. The number of carbonyl (C=O) groups excluding carboxylic acids is 1. The molecule has 108 valence electrons. The van der Waals surface area contributed by atoms with Gasteiger partial charge in [-0.25, -0.2) is 9.97 Å². The van der Waals surface area contributed by atoms with E-state index in [4.69, 9.17) is 5.73 Å². The van der Waals surface area contributed by atoms with E-state index in [-0.39, 0.29) is 11.7 Å². The van der Waals surface area contributed by atoms with Gasteiger partial charge in [-0.3, -0.25) is 9.78 Å². The molecule has 0 aliphatic carbocycles. The first kappa shape index (κ1) is 13.3. The summed E-state index contributed by atoms with van der Waals surface area (Å²) in [5.41, 5.74) is 5.86. The molecule has 0 spiro atoms. The molecule has 1 aliphatic heterocycles. The quantitative estimate of drug-likeness (QED) is 0.859. The molecule has 3 rings (SSSR count). The van der Waals surface area contributed by atoms with Gasteiger partial charge in [-0.05, 0) is 12.1 Å². The molecule has 0 radical (unpaired) electrons. The molecule has 3 heterocycles. The molecule has 0 atom stereocenters. The summed E-state index contributed by atoms with van der Waals surface area (Å²) in [6.07, 6.45) is 4.65. The minimum Gasteiger partial charge on any atom is -0.382 e. The van der Waals surface area contributed by atoms with Crippen LogP contribution in [0, 0.1) is 0 Å². The molecule has 7 nitrogen and oxygen atoms in total. The predicted octanol–water partition coefficient (Wildman–Crippen LogP) is 0.416. The zero-order valence-corrected chi connectivity index (χ0v) is 11.5. The number of hydrogen-bond acceptors (Lipinski definition) is 6. The molecule has 2 aromatic heterocycles. The molecule has 0 bridgehead atoms. The SMILES string of the molecule is Nc1cncc(C(=O)N2CCN(c3ccccn3)CC2)n1. The van der Waals surface area contributed by atoms with E-state index in [1.807, 2.05) is 18.2 Å². The highest BCUT2D eigenvalue weighted by Crippen LogP contribution is 2.13. The lowest BCUT2D eigenvalue weighted by atomic mass is 10.2. The third-order valence-corrected chi connectivity index (χ3v) is 3.41. The van der Waals surface area contributed by atoms with E-state index in [0.717, 1.165) is 18.9 Å². The number of pyridine rings is 1. The molecule has 0 saturated carbocycles. The van der Waals surface area contributed by atoms with Crippen LogP contribution in [0.25, 0.3) is 0 Å². The van der Waals surface area contributed by atoms with Crippen molar-refractivity contribution in [1.82, 2.24) is 19.9 Å². The van der Waals surface area contributed by atoms with Crippen LogP contribution in [0.3, 0.4) is 0 Å². The van der Waals surface area contributed by atoms with Crippen LogP contribution in [-0.2, 0) is 0 Å². The summed E-state index contributed by atoms with van der Waals surface area (Å²) in [5, 5.41) is 0. The first-order valence-electron chi connectivity index (χ1n) is 6.77. The van der Waals surface area contributed by atoms with E-state index in [1.54, 1.807) is 11.1 Å². The molecular formula is C14H16N6O. The second-order valence-corrected chi connectivity index (χ2v) is 4.80. The zero-order chi connectivity index (χ0) is 14.7. The van der Waals surface area contributed by atoms with Crippen molar-refractivity contribution < 1.29 is 4.79 Å². The van der Waals surface area contributed by atoms with Crippen molar-refractivity contribution in [2.75, 3.05) is 36.8 Å². The summed E-state index contributed by atoms with van der Waals surface area (Å²) in [6.45, 7) is 2.76. The molecule has 0 aromatic carbocycles. The smallest absolute Gasteiger partial charge is 0.274 e. The minimum absolute atomic E-state index is 0.129. The fourth-order valence-corrected chi connectivity index (χ4v) is 2.33. The standard InChI is InChI=1S/C14H16N6O/c15-12-10-16-9-11(18-12)14(21)20-7-5-19(6-8-20)13-3-1-2-4-17-13/h1-4,9-10H,5-8H2,(H2,15,18). The topological polar surface area (TPSA) is 88.2 Å². The average molecular weight is 284 g/mol. The maximum Gasteiger partial charge on any atom is 0.274 e. The molecule has 2 aromatic rings. The Hall–Kier alpha value is -2.70. The maximum atomic E-state index is 12.3. The lowest BCUT2D eigenvalue weighted by molar-refractivity contribution is 0.0740. The number of nitrogens with zero attached hydrogens (tertiary/aromatic N) is 5. The number of nitrogen functional groups attached to an aromatic ring is 1. The first-order chi connectivity index (χ1) is 10.2. The monoisotopic (exact) mass is 284 g/mol. The second kappa shape index (κ2) is 5.74. The van der Waals surface area contributed by atoms with Gasteiger partial charge in [0.1, 0.15) is 17.3 Å². The molecule has 1 amide bonds. The normalized spacial score (nSPS) is 15.0. The Bertz CT molecular complexity index is 624. The number of amides is 1. The summed E-state index contributed by atoms with van der Waals surface area (Å²) < 4.78 is 0. The van der Waals surface area contributed by atoms with Crippen LogP contribution < -0.4 is 10.6 Å². The molecular weight excluding hydrogens is 268 g/mol. The van der Waals surface area contributed by atoms with Crippen molar-refractivity contribution in [2.45, 2.75) is 0 Å². The molecule has 1 saturated heterocycles. The van der Waals surface area contributed by atoms with Crippen molar-refractivity contribution in [3.8, 4) is 0 Å². The number of nitrogens with two attached hydrogens (primary N) is 1. The van der Waals surface area contributed by atoms with Gasteiger partial charge in [0.15, 0.2) is 0 Å². The van der Waals surface area contributed by atoms with E-state index >= 15 is 0 Å². The van der Waals surface area contributed by atoms with Crippen molar-refractivity contribution in [3.63, 3.8) is 0 Å². The lowest BCUT2D eigenvalue weighted by Gasteiger charge is -2.35. The maximum absolute atomic E-state index is 12.3. The van der Waals surface area contributed by atoms with Gasteiger partial charge in [0.05, 0.1) is 12.4 Å².